The van der Waals surface area contributed by atoms with Gasteiger partial charge in [0.15, 0.2) is 0 Å². The molecule has 0 fully saturated rings. The van der Waals surface area contributed by atoms with Crippen LogP contribution in [-0.4, -0.2) is 34.3 Å². The van der Waals surface area contributed by atoms with Gasteiger partial charge in [-0.2, -0.15) is 0 Å². The number of ether oxygens (including phenoxy) is 1. The van der Waals surface area contributed by atoms with Crippen molar-refractivity contribution in [1.82, 2.24) is 14.5 Å². The largest absolute Gasteiger partial charge is 0.380 e. The summed E-state index contributed by atoms with van der Waals surface area (Å²) in [5, 5.41) is 0. The van der Waals surface area contributed by atoms with Crippen molar-refractivity contribution in [2.24, 2.45) is 12.8 Å². The van der Waals surface area contributed by atoms with Crippen LogP contribution >= 0.6 is 0 Å². The molecule has 16 heavy (non-hydrogen) atoms. The molecule has 0 bridgehead atoms. The molecule has 2 N–H and O–H groups in total. The van der Waals surface area contributed by atoms with Gasteiger partial charge in [-0.15, -0.1) is 0 Å². The molecule has 5 heteroatoms. The van der Waals surface area contributed by atoms with Gasteiger partial charge in [-0.05, 0) is 6.07 Å². The Morgan fingerprint density at radius 3 is 3.00 bits per heavy atom. The van der Waals surface area contributed by atoms with Gasteiger partial charge in [0, 0.05) is 33.3 Å². The van der Waals surface area contributed by atoms with E-state index < -0.39 is 0 Å². The average molecular weight is 220 g/mol. The molecule has 1 atom stereocenters. The van der Waals surface area contributed by atoms with E-state index in [-0.39, 0.29) is 6.10 Å². The highest BCUT2D eigenvalue weighted by Gasteiger charge is 2.12. The van der Waals surface area contributed by atoms with E-state index in [1.54, 1.807) is 13.3 Å². The minimum Gasteiger partial charge on any atom is -0.380 e. The normalized spacial score (nSPS) is 13.2. The molecule has 0 saturated heterocycles. The predicted octanol–water partition coefficient (Wildman–Crippen LogP) is 0.484. The van der Waals surface area contributed by atoms with Crippen molar-refractivity contribution in [3.63, 3.8) is 0 Å². The number of methoxy groups -OCH3 is 1. The number of aryl methyl sites for hydroxylation is 1. The van der Waals surface area contributed by atoms with Gasteiger partial charge in [-0.3, -0.25) is 4.98 Å². The van der Waals surface area contributed by atoms with E-state index >= 15 is 0 Å². The minimum absolute atomic E-state index is 0.0171. The Morgan fingerprint density at radius 2 is 2.38 bits per heavy atom. The molecule has 0 radical (unpaired) electrons. The van der Waals surface area contributed by atoms with Gasteiger partial charge in [0.1, 0.15) is 5.82 Å². The summed E-state index contributed by atoms with van der Waals surface area (Å²) in [5.74, 6) is 0.973. The molecule has 2 rings (SSSR count). The molecule has 1 unspecified atom stereocenters. The number of pyridine rings is 1. The summed E-state index contributed by atoms with van der Waals surface area (Å²) >= 11 is 0. The quantitative estimate of drug-likeness (QED) is 0.814. The molecule has 0 saturated carbocycles. The number of imidazole rings is 1. The fourth-order valence-electron chi connectivity index (χ4n) is 1.73. The average Bonchev–Trinajstić information content (AvgIpc) is 2.64. The highest BCUT2D eigenvalue weighted by molar-refractivity contribution is 5.74. The van der Waals surface area contributed by atoms with Crippen LogP contribution in [0.15, 0.2) is 18.5 Å². The van der Waals surface area contributed by atoms with E-state index in [4.69, 9.17) is 10.5 Å². The van der Waals surface area contributed by atoms with E-state index in [1.165, 1.54) is 0 Å². The summed E-state index contributed by atoms with van der Waals surface area (Å²) < 4.78 is 7.29. The highest BCUT2D eigenvalue weighted by Crippen LogP contribution is 2.14. The molecule has 0 aliphatic rings. The molecule has 2 aromatic rings. The number of nitrogens with two attached hydrogens (primary N) is 1. The van der Waals surface area contributed by atoms with Crippen molar-refractivity contribution < 1.29 is 4.74 Å². The first-order valence-corrected chi connectivity index (χ1v) is 5.24. The predicted molar refractivity (Wildman–Crippen MR) is 62.1 cm³/mol. The van der Waals surface area contributed by atoms with Crippen LogP contribution in [0.1, 0.15) is 5.82 Å². The smallest absolute Gasteiger partial charge is 0.112 e. The van der Waals surface area contributed by atoms with Gasteiger partial charge in [0.05, 0.1) is 23.3 Å². The van der Waals surface area contributed by atoms with E-state index in [0.717, 1.165) is 23.3 Å². The first kappa shape index (κ1) is 11.0. The molecular weight excluding hydrogens is 204 g/mol. The van der Waals surface area contributed by atoms with Crippen molar-refractivity contribution in [3.05, 3.63) is 24.3 Å². The first-order valence-electron chi connectivity index (χ1n) is 5.24. The van der Waals surface area contributed by atoms with E-state index in [9.17, 15) is 0 Å². The van der Waals surface area contributed by atoms with E-state index in [2.05, 4.69) is 9.97 Å². The van der Waals surface area contributed by atoms with Crippen molar-refractivity contribution in [2.75, 3.05) is 13.7 Å². The van der Waals surface area contributed by atoms with Crippen molar-refractivity contribution in [3.8, 4) is 0 Å². The Hall–Kier alpha value is -1.46. The van der Waals surface area contributed by atoms with Gasteiger partial charge < -0.3 is 15.0 Å². The number of hydrogen-bond donors (Lipinski definition) is 1. The fourth-order valence-corrected chi connectivity index (χ4v) is 1.73. The Bertz CT molecular complexity index is 476. The SMILES string of the molecule is COC(CN)Cc1nc2ccncc2n1C. The summed E-state index contributed by atoms with van der Waals surface area (Å²) in [4.78, 5) is 8.63. The zero-order valence-electron chi connectivity index (χ0n) is 9.55. The molecule has 86 valence electrons. The van der Waals surface area contributed by atoms with Gasteiger partial charge >= 0.3 is 0 Å². The van der Waals surface area contributed by atoms with Crippen LogP contribution in [0.3, 0.4) is 0 Å². The number of aromatic nitrogens is 3. The van der Waals surface area contributed by atoms with Gasteiger partial charge in [-0.1, -0.05) is 0 Å². The highest BCUT2D eigenvalue weighted by atomic mass is 16.5. The summed E-state index contributed by atoms with van der Waals surface area (Å²) in [6.45, 7) is 0.498. The van der Waals surface area contributed by atoms with Crippen LogP contribution < -0.4 is 5.73 Å². The zero-order chi connectivity index (χ0) is 11.5. The number of fused-ring (bicyclic) bond motifs is 1. The molecule has 2 aromatic heterocycles. The van der Waals surface area contributed by atoms with Crippen LogP contribution in [0.2, 0.25) is 0 Å². The van der Waals surface area contributed by atoms with Crippen molar-refractivity contribution in [1.29, 1.82) is 0 Å². The maximum absolute atomic E-state index is 5.60. The maximum Gasteiger partial charge on any atom is 0.112 e. The molecular formula is C11H16N4O. The molecule has 5 nitrogen and oxygen atoms in total. The lowest BCUT2D eigenvalue weighted by atomic mass is 10.2. The van der Waals surface area contributed by atoms with Crippen molar-refractivity contribution >= 4 is 11.0 Å². The second-order valence-corrected chi connectivity index (χ2v) is 3.75. The Morgan fingerprint density at radius 1 is 1.56 bits per heavy atom. The monoisotopic (exact) mass is 220 g/mol. The molecule has 0 aromatic carbocycles. The molecule has 0 aliphatic heterocycles. The third kappa shape index (κ3) is 1.91. The van der Waals surface area contributed by atoms with Gasteiger partial charge in [-0.25, -0.2) is 4.98 Å². The third-order valence-electron chi connectivity index (χ3n) is 2.78. The second-order valence-electron chi connectivity index (χ2n) is 3.75. The van der Waals surface area contributed by atoms with Crippen LogP contribution in [0.25, 0.3) is 11.0 Å². The number of hydrogen-bond acceptors (Lipinski definition) is 4. The fraction of sp³-hybridized carbons (Fsp3) is 0.455. The Balaban J connectivity index is 2.34. The standard InChI is InChI=1S/C11H16N4O/c1-15-10-7-13-4-3-9(10)14-11(15)5-8(6-12)16-2/h3-4,7-8H,5-6,12H2,1-2H3. The molecule has 0 spiro atoms. The Labute approximate surface area is 94.2 Å². The number of rotatable bonds is 4. The maximum atomic E-state index is 5.60. The molecule has 0 amide bonds. The summed E-state index contributed by atoms with van der Waals surface area (Å²) in [5.41, 5.74) is 7.59. The molecule has 0 aliphatic carbocycles. The topological polar surface area (TPSA) is 66.0 Å². The zero-order valence-corrected chi connectivity index (χ0v) is 9.55. The lowest BCUT2D eigenvalue weighted by Crippen LogP contribution is -2.25. The third-order valence-corrected chi connectivity index (χ3v) is 2.78. The minimum atomic E-state index is 0.0171. The van der Waals surface area contributed by atoms with Gasteiger partial charge in [0.25, 0.3) is 0 Å². The summed E-state index contributed by atoms with van der Waals surface area (Å²) in [6.07, 6.45) is 4.30. The second kappa shape index (κ2) is 4.59. The molecule has 2 heterocycles. The number of nitrogens with zero attached hydrogens (tertiary/aromatic N) is 3. The summed E-state index contributed by atoms with van der Waals surface area (Å²) in [7, 11) is 3.65. The van der Waals surface area contributed by atoms with Crippen LogP contribution in [0.5, 0.6) is 0 Å². The van der Waals surface area contributed by atoms with Crippen LogP contribution in [0.4, 0.5) is 0 Å². The first-order chi connectivity index (χ1) is 7.76. The lowest BCUT2D eigenvalue weighted by Gasteiger charge is -2.12. The van der Waals surface area contributed by atoms with Crippen LogP contribution in [-0.2, 0) is 18.2 Å². The van der Waals surface area contributed by atoms with Crippen molar-refractivity contribution in [2.45, 2.75) is 12.5 Å². The van der Waals surface area contributed by atoms with Crippen LogP contribution in [0, 0.1) is 0 Å². The van der Waals surface area contributed by atoms with E-state index in [1.807, 2.05) is 23.9 Å². The lowest BCUT2D eigenvalue weighted by molar-refractivity contribution is 0.108. The Kier molecular flexibility index (Phi) is 3.17. The summed E-state index contributed by atoms with van der Waals surface area (Å²) in [6, 6.07) is 1.91. The van der Waals surface area contributed by atoms with Gasteiger partial charge in [0.2, 0.25) is 0 Å². The van der Waals surface area contributed by atoms with E-state index in [0.29, 0.717) is 6.54 Å².